The molecule has 0 atom stereocenters. The zero-order valence-electron chi connectivity index (χ0n) is 12.2. The number of amidine groups is 1. The van der Waals surface area contributed by atoms with Crippen molar-refractivity contribution in [2.75, 3.05) is 19.0 Å². The average Bonchev–Trinajstić information content (AvgIpc) is 2.93. The summed E-state index contributed by atoms with van der Waals surface area (Å²) in [5, 5.41) is 2.82. The van der Waals surface area contributed by atoms with Crippen molar-refractivity contribution in [1.29, 1.82) is 0 Å². The van der Waals surface area contributed by atoms with Crippen LogP contribution >= 0.6 is 27.7 Å². The molecule has 0 aliphatic carbocycles. The van der Waals surface area contributed by atoms with Crippen LogP contribution in [0.15, 0.2) is 15.5 Å². The lowest BCUT2D eigenvalue weighted by Crippen LogP contribution is -2.29. The number of fused-ring (bicyclic) bond motifs is 1. The number of halogens is 2. The van der Waals surface area contributed by atoms with Crippen molar-refractivity contribution in [3.8, 4) is 5.75 Å². The molecule has 0 spiro atoms. The summed E-state index contributed by atoms with van der Waals surface area (Å²) in [5.41, 5.74) is 1.05. The topological polar surface area (TPSA) is 59.9 Å². The molecule has 0 saturated carbocycles. The molecular weight excluding hydrogens is 375 g/mol. The summed E-state index contributed by atoms with van der Waals surface area (Å²) in [4.78, 5) is 15.7. The van der Waals surface area contributed by atoms with Gasteiger partial charge in [-0.15, -0.1) is 0 Å². The highest BCUT2D eigenvalue weighted by molar-refractivity contribution is 9.10. The Balaban J connectivity index is 2.31. The molecule has 1 aromatic rings. The largest absolute Gasteiger partial charge is 0.492 e. The minimum absolute atomic E-state index is 0.156. The third kappa shape index (κ3) is 3.92. The van der Waals surface area contributed by atoms with Gasteiger partial charge in [0.25, 0.3) is 0 Å². The Morgan fingerprint density at radius 3 is 3.05 bits per heavy atom. The van der Waals surface area contributed by atoms with E-state index in [2.05, 4.69) is 26.2 Å². The van der Waals surface area contributed by atoms with E-state index in [0.717, 1.165) is 5.56 Å². The Kier molecular flexibility index (Phi) is 6.07. The number of nitrogens with one attached hydrogen (secondary N) is 1. The van der Waals surface area contributed by atoms with Crippen molar-refractivity contribution >= 4 is 44.6 Å². The molecule has 8 heteroatoms. The summed E-state index contributed by atoms with van der Waals surface area (Å²) >= 11 is 4.50. The van der Waals surface area contributed by atoms with Crippen LogP contribution in [0, 0.1) is 5.82 Å². The highest BCUT2D eigenvalue weighted by Gasteiger charge is 2.22. The number of alkyl carbamates (subject to hydrolysis) is 1. The predicted octanol–water partition coefficient (Wildman–Crippen LogP) is 4.01. The van der Waals surface area contributed by atoms with E-state index in [9.17, 15) is 9.18 Å². The minimum Gasteiger partial charge on any atom is -0.492 e. The fraction of sp³-hybridized carbons (Fsp3) is 0.429. The molecule has 22 heavy (non-hydrogen) atoms. The standard InChI is InChI=1S/C14H16BrFN2O3S/c1-3-20-14(19)18-13(22-4-2)17-9-7-8-5-6-21-12(8)10(15)11(9)16/h7H,3-6H2,1-2H3,(H,17,18,19). The van der Waals surface area contributed by atoms with Gasteiger partial charge in [0, 0.05) is 12.0 Å². The van der Waals surface area contributed by atoms with E-state index < -0.39 is 11.9 Å². The molecule has 1 aromatic carbocycles. The molecule has 1 aliphatic heterocycles. The number of carbonyl (C=O) groups excluding carboxylic acids is 1. The molecule has 0 bridgehead atoms. The normalized spacial score (nSPS) is 13.5. The van der Waals surface area contributed by atoms with Crippen LogP contribution in [0.3, 0.4) is 0 Å². The number of benzene rings is 1. The maximum atomic E-state index is 14.4. The van der Waals surface area contributed by atoms with Gasteiger partial charge in [-0.1, -0.05) is 18.7 Å². The number of aliphatic imine (C=N–C) groups is 1. The number of hydrogen-bond acceptors (Lipinski definition) is 5. The number of ether oxygens (including phenoxy) is 2. The maximum absolute atomic E-state index is 14.4. The zero-order valence-corrected chi connectivity index (χ0v) is 14.6. The highest BCUT2D eigenvalue weighted by Crippen LogP contribution is 2.40. The van der Waals surface area contributed by atoms with Gasteiger partial charge in [0.05, 0.1) is 17.7 Å². The number of thioether (sulfide) groups is 1. The van der Waals surface area contributed by atoms with E-state index >= 15 is 0 Å². The Morgan fingerprint density at radius 2 is 2.36 bits per heavy atom. The Bertz CT molecular complexity index is 610. The zero-order chi connectivity index (χ0) is 16.1. The van der Waals surface area contributed by atoms with E-state index in [1.165, 1.54) is 11.8 Å². The molecule has 1 N–H and O–H groups in total. The molecule has 0 saturated heterocycles. The second-order valence-corrected chi connectivity index (χ2v) is 6.35. The van der Waals surface area contributed by atoms with Crippen LogP contribution in [0.2, 0.25) is 0 Å². The molecule has 0 fully saturated rings. The summed E-state index contributed by atoms with van der Waals surface area (Å²) in [5.74, 6) is 0.697. The second kappa shape index (κ2) is 7.82. The van der Waals surface area contributed by atoms with Gasteiger partial charge in [-0.25, -0.2) is 14.2 Å². The Hall–Kier alpha value is -1.28. The van der Waals surface area contributed by atoms with Crippen LogP contribution < -0.4 is 10.1 Å². The lowest BCUT2D eigenvalue weighted by atomic mass is 10.1. The van der Waals surface area contributed by atoms with Crippen molar-refractivity contribution in [2.24, 2.45) is 4.99 Å². The van der Waals surface area contributed by atoms with Crippen molar-refractivity contribution < 1.29 is 18.7 Å². The summed E-state index contributed by atoms with van der Waals surface area (Å²) < 4.78 is 24.8. The maximum Gasteiger partial charge on any atom is 0.413 e. The van der Waals surface area contributed by atoms with E-state index in [4.69, 9.17) is 9.47 Å². The first-order valence-electron chi connectivity index (χ1n) is 6.85. The molecule has 120 valence electrons. The van der Waals surface area contributed by atoms with Gasteiger partial charge in [0.2, 0.25) is 0 Å². The fourth-order valence-electron chi connectivity index (χ4n) is 1.93. The lowest BCUT2D eigenvalue weighted by Gasteiger charge is -2.10. The fourth-order valence-corrected chi connectivity index (χ4v) is 3.09. The number of rotatable bonds is 3. The Labute approximate surface area is 140 Å². The van der Waals surface area contributed by atoms with Gasteiger partial charge in [-0.05, 0) is 34.7 Å². The molecule has 1 aliphatic rings. The summed E-state index contributed by atoms with van der Waals surface area (Å²) in [7, 11) is 0. The van der Waals surface area contributed by atoms with Crippen molar-refractivity contribution in [1.82, 2.24) is 5.32 Å². The van der Waals surface area contributed by atoms with Crippen LogP contribution in [-0.4, -0.2) is 30.2 Å². The first-order valence-corrected chi connectivity index (χ1v) is 8.63. The number of carbonyl (C=O) groups is 1. The van der Waals surface area contributed by atoms with E-state index in [1.54, 1.807) is 13.0 Å². The van der Waals surface area contributed by atoms with Crippen LogP contribution in [-0.2, 0) is 11.2 Å². The first kappa shape index (κ1) is 17.1. The van der Waals surface area contributed by atoms with Gasteiger partial charge in [-0.2, -0.15) is 0 Å². The van der Waals surface area contributed by atoms with Crippen molar-refractivity contribution in [3.05, 3.63) is 21.9 Å². The first-order chi connectivity index (χ1) is 10.6. The van der Waals surface area contributed by atoms with Crippen molar-refractivity contribution in [3.63, 3.8) is 0 Å². The lowest BCUT2D eigenvalue weighted by molar-refractivity contribution is 0.158. The van der Waals surface area contributed by atoms with Crippen LogP contribution in [0.25, 0.3) is 0 Å². The number of amides is 1. The van der Waals surface area contributed by atoms with Gasteiger partial charge in [0.1, 0.15) is 11.4 Å². The summed E-state index contributed by atoms with van der Waals surface area (Å²) in [6.45, 7) is 4.40. The monoisotopic (exact) mass is 390 g/mol. The SMILES string of the molecule is CCOC(=O)NC(=Nc1cc2c(c(Br)c1F)OCC2)SCC. The highest BCUT2D eigenvalue weighted by atomic mass is 79.9. The predicted molar refractivity (Wildman–Crippen MR) is 88.7 cm³/mol. The molecule has 0 radical (unpaired) electrons. The summed E-state index contributed by atoms with van der Waals surface area (Å²) in [6.07, 6.45) is 0.101. The van der Waals surface area contributed by atoms with Crippen LogP contribution in [0.4, 0.5) is 14.9 Å². The molecule has 0 unspecified atom stereocenters. The van der Waals surface area contributed by atoms with E-state index in [1.807, 2.05) is 6.92 Å². The summed E-state index contributed by atoms with van der Waals surface area (Å²) in [6, 6.07) is 1.64. The van der Waals surface area contributed by atoms with Gasteiger partial charge in [-0.3, -0.25) is 5.32 Å². The van der Waals surface area contributed by atoms with E-state index in [0.29, 0.717) is 29.7 Å². The van der Waals surface area contributed by atoms with Gasteiger partial charge >= 0.3 is 6.09 Å². The molecule has 5 nitrogen and oxygen atoms in total. The number of hydrogen-bond donors (Lipinski definition) is 1. The number of nitrogens with zero attached hydrogens (tertiary/aromatic N) is 1. The third-order valence-corrected chi connectivity index (χ3v) is 4.29. The smallest absolute Gasteiger partial charge is 0.413 e. The van der Waals surface area contributed by atoms with Crippen LogP contribution in [0.1, 0.15) is 19.4 Å². The van der Waals surface area contributed by atoms with Gasteiger partial charge < -0.3 is 9.47 Å². The van der Waals surface area contributed by atoms with Gasteiger partial charge in [0.15, 0.2) is 11.0 Å². The molecule has 2 rings (SSSR count). The Morgan fingerprint density at radius 1 is 1.59 bits per heavy atom. The second-order valence-electron chi connectivity index (χ2n) is 4.31. The quantitative estimate of drug-likeness (QED) is 0.625. The molecule has 0 aromatic heterocycles. The molecule has 1 amide bonds. The third-order valence-electron chi connectivity index (χ3n) is 2.82. The van der Waals surface area contributed by atoms with Crippen LogP contribution in [0.5, 0.6) is 5.75 Å². The molecular formula is C14H16BrFN2O3S. The average molecular weight is 391 g/mol. The van der Waals surface area contributed by atoms with E-state index in [-0.39, 0.29) is 16.8 Å². The minimum atomic E-state index is -0.605. The van der Waals surface area contributed by atoms with Crippen molar-refractivity contribution in [2.45, 2.75) is 20.3 Å². The molecule has 1 heterocycles.